The van der Waals surface area contributed by atoms with Gasteiger partial charge in [0.2, 0.25) is 0 Å². The highest BCUT2D eigenvalue weighted by Gasteiger charge is 2.41. The average molecular weight is 324 g/mol. The first-order valence-electron chi connectivity index (χ1n) is 6.44. The third kappa shape index (κ3) is 3.03. The summed E-state index contributed by atoms with van der Waals surface area (Å²) in [7, 11) is 1.88. The van der Waals surface area contributed by atoms with Crippen LogP contribution in [-0.4, -0.2) is 36.8 Å². The molecule has 1 atom stereocenters. The Kier molecular flexibility index (Phi) is 4.53. The molecule has 2 heterocycles. The van der Waals surface area contributed by atoms with Crippen LogP contribution < -0.4 is 0 Å². The number of nitrogens with zero attached hydrogens (tertiary/aromatic N) is 2. The Hall–Kier alpha value is -1.60. The summed E-state index contributed by atoms with van der Waals surface area (Å²) in [4.78, 5) is 25.6. The van der Waals surface area contributed by atoms with E-state index in [0.29, 0.717) is 9.23 Å². The van der Waals surface area contributed by atoms with Crippen molar-refractivity contribution in [2.24, 2.45) is 13.0 Å². The van der Waals surface area contributed by atoms with Crippen LogP contribution >= 0.6 is 24.0 Å². The van der Waals surface area contributed by atoms with Gasteiger partial charge in [0.1, 0.15) is 10.4 Å². The Bertz CT molecular complexity index is 634. The van der Waals surface area contributed by atoms with E-state index in [-0.39, 0.29) is 11.8 Å². The summed E-state index contributed by atoms with van der Waals surface area (Å²) in [6, 6.07) is 2.82. The zero-order chi connectivity index (χ0) is 15.7. The first-order valence-corrected chi connectivity index (χ1v) is 7.66. The average Bonchev–Trinajstić information content (AvgIpc) is 2.88. The van der Waals surface area contributed by atoms with Gasteiger partial charge in [-0.1, -0.05) is 37.8 Å². The minimum Gasteiger partial charge on any atom is -0.480 e. The minimum absolute atomic E-state index is 0.223. The number of carboxylic acid groups (broad SMARTS) is 1. The predicted octanol–water partition coefficient (Wildman–Crippen LogP) is 2.34. The number of amides is 1. The second kappa shape index (κ2) is 6.03. The predicted molar refractivity (Wildman–Crippen MR) is 86.7 cm³/mol. The molecule has 0 saturated carbocycles. The normalized spacial score (nSPS) is 18.9. The molecule has 112 valence electrons. The van der Waals surface area contributed by atoms with E-state index in [4.69, 9.17) is 12.2 Å². The maximum Gasteiger partial charge on any atom is 0.327 e. The standard InChI is InChI=1S/C14H16N2O3S2/c1-8(2)11(13(18)19)16-12(17)10(21-14(16)20)7-9-5-4-6-15(9)3/h4-8,11H,1-3H3,(H,18,19)/b10-7+/t11-/m1/s1. The van der Waals surface area contributed by atoms with Gasteiger partial charge in [-0.25, -0.2) is 4.79 Å². The number of carbonyl (C=O) groups is 2. The molecule has 1 aliphatic rings. The van der Waals surface area contributed by atoms with Crippen molar-refractivity contribution < 1.29 is 14.7 Å². The van der Waals surface area contributed by atoms with Crippen molar-refractivity contribution in [2.75, 3.05) is 0 Å². The maximum atomic E-state index is 12.5. The van der Waals surface area contributed by atoms with E-state index in [0.717, 1.165) is 17.5 Å². The lowest BCUT2D eigenvalue weighted by atomic mass is 10.0. The zero-order valence-electron chi connectivity index (χ0n) is 11.9. The summed E-state index contributed by atoms with van der Waals surface area (Å²) < 4.78 is 2.17. The number of thiocarbonyl (C=S) groups is 1. The van der Waals surface area contributed by atoms with Crippen LogP contribution in [0.2, 0.25) is 0 Å². The van der Waals surface area contributed by atoms with Crippen LogP contribution in [0.15, 0.2) is 23.2 Å². The molecule has 2 rings (SSSR count). The van der Waals surface area contributed by atoms with E-state index in [1.165, 1.54) is 4.90 Å². The molecule has 1 aliphatic heterocycles. The molecule has 7 heteroatoms. The Labute approximate surface area is 132 Å². The lowest BCUT2D eigenvalue weighted by Crippen LogP contribution is -2.47. The van der Waals surface area contributed by atoms with Crippen molar-refractivity contribution in [2.45, 2.75) is 19.9 Å². The highest BCUT2D eigenvalue weighted by atomic mass is 32.2. The fourth-order valence-corrected chi connectivity index (χ4v) is 3.49. The van der Waals surface area contributed by atoms with E-state index in [1.54, 1.807) is 19.9 Å². The van der Waals surface area contributed by atoms with Crippen LogP contribution in [0.3, 0.4) is 0 Å². The number of hydrogen-bond acceptors (Lipinski definition) is 4. The summed E-state index contributed by atoms with van der Waals surface area (Å²) in [5.74, 6) is -1.60. The molecule has 0 aromatic carbocycles. The molecule has 0 bridgehead atoms. The molecular formula is C14H16N2O3S2. The Morgan fingerprint density at radius 2 is 2.14 bits per heavy atom. The number of carboxylic acids is 1. The van der Waals surface area contributed by atoms with Crippen molar-refractivity contribution >= 4 is 46.3 Å². The van der Waals surface area contributed by atoms with Gasteiger partial charge in [-0.2, -0.15) is 0 Å². The molecule has 1 aromatic rings. The van der Waals surface area contributed by atoms with Crippen LogP contribution in [-0.2, 0) is 16.6 Å². The third-order valence-electron chi connectivity index (χ3n) is 3.25. The molecule has 1 fully saturated rings. The van der Waals surface area contributed by atoms with Crippen molar-refractivity contribution in [1.82, 2.24) is 9.47 Å². The largest absolute Gasteiger partial charge is 0.480 e. The van der Waals surface area contributed by atoms with Crippen LogP contribution in [0.25, 0.3) is 6.08 Å². The van der Waals surface area contributed by atoms with Gasteiger partial charge in [-0.15, -0.1) is 0 Å². The lowest BCUT2D eigenvalue weighted by Gasteiger charge is -2.26. The Morgan fingerprint density at radius 3 is 2.62 bits per heavy atom. The summed E-state index contributed by atoms with van der Waals surface area (Å²) in [5, 5.41) is 9.34. The number of rotatable bonds is 4. The van der Waals surface area contributed by atoms with E-state index in [2.05, 4.69) is 0 Å². The van der Waals surface area contributed by atoms with Crippen molar-refractivity contribution in [1.29, 1.82) is 0 Å². The van der Waals surface area contributed by atoms with Crippen LogP contribution in [0.4, 0.5) is 0 Å². The highest BCUT2D eigenvalue weighted by molar-refractivity contribution is 8.26. The number of aryl methyl sites for hydroxylation is 1. The molecule has 0 unspecified atom stereocenters. The molecular weight excluding hydrogens is 308 g/mol. The van der Waals surface area contributed by atoms with Gasteiger partial charge in [0.15, 0.2) is 0 Å². The summed E-state index contributed by atoms with van der Waals surface area (Å²) >= 11 is 6.34. The first kappa shape index (κ1) is 15.8. The molecule has 1 aromatic heterocycles. The summed E-state index contributed by atoms with van der Waals surface area (Å²) in [5.41, 5.74) is 0.868. The molecule has 1 saturated heterocycles. The second-order valence-electron chi connectivity index (χ2n) is 5.12. The summed E-state index contributed by atoms with van der Waals surface area (Å²) in [6.07, 6.45) is 3.61. The number of carbonyl (C=O) groups excluding carboxylic acids is 1. The molecule has 0 spiro atoms. The van der Waals surface area contributed by atoms with Crippen LogP contribution in [0, 0.1) is 5.92 Å². The summed E-state index contributed by atoms with van der Waals surface area (Å²) in [6.45, 7) is 3.52. The van der Waals surface area contributed by atoms with Crippen molar-refractivity contribution in [3.63, 3.8) is 0 Å². The van der Waals surface area contributed by atoms with E-state index >= 15 is 0 Å². The van der Waals surface area contributed by atoms with Gasteiger partial charge in [-0.05, 0) is 24.1 Å². The van der Waals surface area contributed by atoms with Crippen LogP contribution in [0.5, 0.6) is 0 Å². The smallest absolute Gasteiger partial charge is 0.327 e. The molecule has 5 nitrogen and oxygen atoms in total. The second-order valence-corrected chi connectivity index (χ2v) is 6.80. The molecule has 0 aliphatic carbocycles. The SMILES string of the molecule is CC(C)[C@H](C(=O)O)N1C(=O)/C(=C\c2cccn2C)SC1=S. The molecule has 21 heavy (non-hydrogen) atoms. The van der Waals surface area contributed by atoms with Gasteiger partial charge in [-0.3, -0.25) is 9.69 Å². The fourth-order valence-electron chi connectivity index (χ4n) is 2.17. The fraction of sp³-hybridized carbons (Fsp3) is 0.357. The lowest BCUT2D eigenvalue weighted by molar-refractivity contribution is -0.146. The van der Waals surface area contributed by atoms with E-state index < -0.39 is 12.0 Å². The van der Waals surface area contributed by atoms with Crippen molar-refractivity contribution in [3.05, 3.63) is 28.9 Å². The number of thioether (sulfide) groups is 1. The maximum absolute atomic E-state index is 12.5. The topological polar surface area (TPSA) is 62.5 Å². The molecule has 1 N–H and O–H groups in total. The van der Waals surface area contributed by atoms with Gasteiger partial charge in [0.25, 0.3) is 5.91 Å². The molecule has 1 amide bonds. The minimum atomic E-state index is -1.04. The first-order chi connectivity index (χ1) is 9.82. The van der Waals surface area contributed by atoms with E-state index in [9.17, 15) is 14.7 Å². The quantitative estimate of drug-likeness (QED) is 0.680. The van der Waals surface area contributed by atoms with Crippen LogP contribution in [0.1, 0.15) is 19.5 Å². The molecule has 0 radical (unpaired) electrons. The number of aliphatic carboxylic acids is 1. The van der Waals surface area contributed by atoms with Gasteiger partial charge < -0.3 is 9.67 Å². The van der Waals surface area contributed by atoms with E-state index in [1.807, 2.05) is 29.9 Å². The zero-order valence-corrected chi connectivity index (χ0v) is 13.6. The third-order valence-corrected chi connectivity index (χ3v) is 4.58. The van der Waals surface area contributed by atoms with Gasteiger partial charge >= 0.3 is 5.97 Å². The van der Waals surface area contributed by atoms with Gasteiger partial charge in [0, 0.05) is 18.9 Å². The Balaban J connectivity index is 2.34. The highest BCUT2D eigenvalue weighted by Crippen LogP contribution is 2.35. The number of aromatic nitrogens is 1. The van der Waals surface area contributed by atoms with Gasteiger partial charge in [0.05, 0.1) is 4.91 Å². The Morgan fingerprint density at radius 1 is 1.48 bits per heavy atom. The monoisotopic (exact) mass is 324 g/mol. The number of hydrogen-bond donors (Lipinski definition) is 1. The van der Waals surface area contributed by atoms with Crippen molar-refractivity contribution in [3.8, 4) is 0 Å².